The third kappa shape index (κ3) is 2.55. The van der Waals surface area contributed by atoms with Crippen LogP contribution in [0.4, 0.5) is 0 Å². The summed E-state index contributed by atoms with van der Waals surface area (Å²) in [6, 6.07) is 5.24. The van der Waals surface area contributed by atoms with Crippen LogP contribution in [0.1, 0.15) is 25.3 Å². The molecule has 0 heterocycles. The second-order valence-corrected chi connectivity index (χ2v) is 6.16. The Morgan fingerprint density at radius 1 is 1.32 bits per heavy atom. The van der Waals surface area contributed by atoms with Crippen LogP contribution in [0.3, 0.4) is 0 Å². The Morgan fingerprint density at radius 3 is 2.53 bits per heavy atom. The topological polar surface area (TPSA) is 81.5 Å². The summed E-state index contributed by atoms with van der Waals surface area (Å²) in [6.07, 6.45) is 0. The van der Waals surface area contributed by atoms with Gasteiger partial charge in [0.15, 0.2) is 5.96 Å². The van der Waals surface area contributed by atoms with Gasteiger partial charge in [-0.1, -0.05) is 37.0 Å². The van der Waals surface area contributed by atoms with E-state index in [1.165, 1.54) is 0 Å². The fourth-order valence-electron chi connectivity index (χ4n) is 2.63. The Bertz CT molecular complexity index is 565. The van der Waals surface area contributed by atoms with Crippen LogP contribution in [0.15, 0.2) is 23.2 Å². The molecule has 4 N–H and O–H groups in total. The molecule has 1 aliphatic carbocycles. The van der Waals surface area contributed by atoms with Gasteiger partial charge in [-0.2, -0.15) is 4.99 Å². The van der Waals surface area contributed by atoms with E-state index in [0.29, 0.717) is 10.0 Å². The Balaban J connectivity index is 2.34. The average Bonchev–Trinajstić information content (AvgIpc) is 2.84. The van der Waals surface area contributed by atoms with Crippen molar-refractivity contribution in [2.45, 2.75) is 19.8 Å². The number of carbonyl (C=O) groups excluding carboxylic acids is 1. The third-order valence-electron chi connectivity index (χ3n) is 3.63. The maximum atomic E-state index is 12.0. The minimum absolute atomic E-state index is 0.0192. The number of carbonyl (C=O) groups is 1. The van der Waals surface area contributed by atoms with Gasteiger partial charge >= 0.3 is 0 Å². The van der Waals surface area contributed by atoms with E-state index in [-0.39, 0.29) is 29.1 Å². The number of aliphatic imine (C=N–C) groups is 1. The van der Waals surface area contributed by atoms with Crippen molar-refractivity contribution in [1.82, 2.24) is 0 Å². The van der Waals surface area contributed by atoms with Crippen molar-refractivity contribution >= 4 is 35.1 Å². The number of nitrogens with zero attached hydrogens (tertiary/aromatic N) is 1. The van der Waals surface area contributed by atoms with E-state index in [1.54, 1.807) is 18.2 Å². The molecule has 1 aromatic rings. The van der Waals surface area contributed by atoms with Crippen LogP contribution in [0, 0.1) is 11.3 Å². The molecular weight excluding hydrogens is 285 g/mol. The molecule has 1 saturated carbocycles. The number of nitrogens with two attached hydrogens (primary N) is 2. The van der Waals surface area contributed by atoms with Gasteiger partial charge in [0, 0.05) is 16.0 Å². The van der Waals surface area contributed by atoms with E-state index < -0.39 is 0 Å². The fourth-order valence-corrected chi connectivity index (χ4v) is 3.04. The lowest BCUT2D eigenvalue weighted by Crippen LogP contribution is -2.25. The second-order valence-electron chi connectivity index (χ2n) is 5.32. The Labute approximate surface area is 121 Å². The molecule has 2 rings (SSSR count). The number of benzene rings is 1. The maximum Gasteiger partial charge on any atom is 0.253 e. The highest BCUT2D eigenvalue weighted by atomic mass is 35.5. The van der Waals surface area contributed by atoms with Crippen LogP contribution in [0.2, 0.25) is 10.0 Å². The Morgan fingerprint density at radius 2 is 1.95 bits per heavy atom. The molecule has 0 spiro atoms. The van der Waals surface area contributed by atoms with Crippen LogP contribution in [-0.2, 0) is 4.79 Å². The summed E-state index contributed by atoms with van der Waals surface area (Å²) < 4.78 is 0. The van der Waals surface area contributed by atoms with Gasteiger partial charge in [0.2, 0.25) is 0 Å². The second kappa shape index (κ2) is 4.69. The minimum Gasteiger partial charge on any atom is -0.370 e. The lowest BCUT2D eigenvalue weighted by molar-refractivity contribution is -0.119. The summed E-state index contributed by atoms with van der Waals surface area (Å²) in [6.45, 7) is 3.97. The van der Waals surface area contributed by atoms with Crippen LogP contribution < -0.4 is 11.5 Å². The first kappa shape index (κ1) is 14.2. The largest absolute Gasteiger partial charge is 0.370 e. The molecule has 1 aromatic carbocycles. The highest BCUT2D eigenvalue weighted by Crippen LogP contribution is 2.65. The normalized spacial score (nSPS) is 23.8. The van der Waals surface area contributed by atoms with Crippen molar-refractivity contribution in [1.29, 1.82) is 0 Å². The van der Waals surface area contributed by atoms with Crippen LogP contribution >= 0.6 is 23.2 Å². The van der Waals surface area contributed by atoms with Crippen LogP contribution in [-0.4, -0.2) is 11.9 Å². The van der Waals surface area contributed by atoms with Crippen molar-refractivity contribution < 1.29 is 4.79 Å². The van der Waals surface area contributed by atoms with Crippen molar-refractivity contribution in [3.63, 3.8) is 0 Å². The monoisotopic (exact) mass is 299 g/mol. The van der Waals surface area contributed by atoms with Gasteiger partial charge in [0.05, 0.1) is 5.92 Å². The number of guanidine groups is 1. The molecule has 2 atom stereocenters. The van der Waals surface area contributed by atoms with E-state index in [0.717, 1.165) is 5.56 Å². The lowest BCUT2D eigenvalue weighted by Gasteiger charge is -2.05. The molecule has 0 unspecified atom stereocenters. The molecule has 0 saturated heterocycles. The highest BCUT2D eigenvalue weighted by Gasteiger charge is 2.62. The van der Waals surface area contributed by atoms with Crippen molar-refractivity contribution in [3.8, 4) is 0 Å². The van der Waals surface area contributed by atoms with Gasteiger partial charge in [-0.05, 0) is 29.2 Å². The summed E-state index contributed by atoms with van der Waals surface area (Å²) in [5.41, 5.74) is 11.1. The predicted molar refractivity (Wildman–Crippen MR) is 77.3 cm³/mol. The zero-order chi connectivity index (χ0) is 14.4. The fraction of sp³-hybridized carbons (Fsp3) is 0.385. The first-order valence-corrected chi connectivity index (χ1v) is 6.59. The van der Waals surface area contributed by atoms with E-state index >= 15 is 0 Å². The van der Waals surface area contributed by atoms with Gasteiger partial charge in [-0.25, -0.2) is 0 Å². The molecule has 0 aliphatic heterocycles. The molecule has 0 bridgehead atoms. The van der Waals surface area contributed by atoms with E-state index in [2.05, 4.69) is 4.99 Å². The van der Waals surface area contributed by atoms with Crippen molar-refractivity contribution in [3.05, 3.63) is 33.8 Å². The summed E-state index contributed by atoms with van der Waals surface area (Å²) in [7, 11) is 0. The highest BCUT2D eigenvalue weighted by molar-refractivity contribution is 6.33. The van der Waals surface area contributed by atoms with Gasteiger partial charge in [0.25, 0.3) is 5.91 Å². The van der Waals surface area contributed by atoms with Gasteiger partial charge < -0.3 is 11.5 Å². The van der Waals surface area contributed by atoms with Crippen LogP contribution in [0.25, 0.3) is 0 Å². The molecular formula is C13H15Cl2N3O. The minimum atomic E-state index is -0.314. The molecule has 4 nitrogen and oxygen atoms in total. The lowest BCUT2D eigenvalue weighted by atomic mass is 10.0. The number of amides is 1. The third-order valence-corrected chi connectivity index (χ3v) is 4.21. The van der Waals surface area contributed by atoms with Crippen molar-refractivity contribution in [2.24, 2.45) is 27.8 Å². The smallest absolute Gasteiger partial charge is 0.253 e. The molecule has 1 aliphatic rings. The first-order valence-electron chi connectivity index (χ1n) is 5.83. The quantitative estimate of drug-likeness (QED) is 0.650. The standard InChI is InChI=1S/C13H15Cl2N3O/c1-13(2)9(10(13)11(19)18-12(16)17)7-5-6(14)3-4-8(7)15/h3-5,9-10H,1-2H3,(H4,16,17,18,19)/t9-,10+/m0/s1. The molecule has 1 amide bonds. The van der Waals surface area contributed by atoms with Gasteiger partial charge in [0.1, 0.15) is 0 Å². The summed E-state index contributed by atoms with van der Waals surface area (Å²) >= 11 is 12.2. The molecule has 19 heavy (non-hydrogen) atoms. The predicted octanol–water partition coefficient (Wildman–Crippen LogP) is 2.53. The zero-order valence-corrected chi connectivity index (χ0v) is 12.2. The van der Waals surface area contributed by atoms with Gasteiger partial charge in [-0.3, -0.25) is 4.79 Å². The summed E-state index contributed by atoms with van der Waals surface area (Å²) in [5.74, 6) is -0.824. The first-order chi connectivity index (χ1) is 8.75. The van der Waals surface area contributed by atoms with Crippen molar-refractivity contribution in [2.75, 3.05) is 0 Å². The molecule has 0 aromatic heterocycles. The molecule has 0 radical (unpaired) electrons. The molecule has 102 valence electrons. The van der Waals surface area contributed by atoms with E-state index in [4.69, 9.17) is 34.7 Å². The van der Waals surface area contributed by atoms with E-state index in [1.807, 2.05) is 13.8 Å². The Kier molecular flexibility index (Phi) is 3.49. The Hall–Kier alpha value is -1.26. The number of rotatable bonds is 2. The van der Waals surface area contributed by atoms with Gasteiger partial charge in [-0.15, -0.1) is 0 Å². The zero-order valence-electron chi connectivity index (χ0n) is 10.7. The maximum absolute atomic E-state index is 12.0. The molecule has 1 fully saturated rings. The number of halogens is 2. The number of hydrogen-bond donors (Lipinski definition) is 2. The van der Waals surface area contributed by atoms with Crippen LogP contribution in [0.5, 0.6) is 0 Å². The SMILES string of the molecule is CC1(C)[C@@H](C(=O)N=C(N)N)[C@@H]1c1cc(Cl)ccc1Cl. The average molecular weight is 300 g/mol. The van der Waals surface area contributed by atoms with E-state index in [9.17, 15) is 4.79 Å². The summed E-state index contributed by atoms with van der Waals surface area (Å²) in [5, 5.41) is 1.19. The number of hydrogen-bond acceptors (Lipinski definition) is 1. The molecule has 6 heteroatoms. The summed E-state index contributed by atoms with van der Waals surface area (Å²) in [4.78, 5) is 15.6.